The molecule has 36 heavy (non-hydrogen) atoms. The largest absolute Gasteiger partial charge is 0.352 e. The lowest BCUT2D eigenvalue weighted by atomic mass is 9.92. The van der Waals surface area contributed by atoms with E-state index >= 15 is 0 Å². The van der Waals surface area contributed by atoms with Gasteiger partial charge in [-0.1, -0.05) is 50.0 Å². The summed E-state index contributed by atoms with van der Waals surface area (Å²) in [6.07, 6.45) is 0.252. The highest BCUT2D eigenvalue weighted by molar-refractivity contribution is 6.44. The zero-order valence-electron chi connectivity index (χ0n) is 21.4. The molecule has 1 fully saturated rings. The van der Waals surface area contributed by atoms with Gasteiger partial charge in [-0.05, 0) is 32.3 Å². The van der Waals surface area contributed by atoms with E-state index in [4.69, 9.17) is 23.2 Å². The van der Waals surface area contributed by atoms with Crippen LogP contribution >= 0.6 is 23.2 Å². The molecule has 0 radical (unpaired) electrons. The Hall–Kier alpha value is -2.75. The molecule has 11 heteroatoms. The van der Waals surface area contributed by atoms with Crippen molar-refractivity contribution >= 4 is 52.4 Å². The topological polar surface area (TPSA) is 101 Å². The Morgan fingerprint density at radius 3 is 2.44 bits per heavy atom. The maximum Gasteiger partial charge on any atom is 0.323 e. The first-order chi connectivity index (χ1) is 16.9. The van der Waals surface area contributed by atoms with Gasteiger partial charge in [-0.15, -0.1) is 0 Å². The van der Waals surface area contributed by atoms with Crippen molar-refractivity contribution in [1.29, 1.82) is 0 Å². The van der Waals surface area contributed by atoms with Gasteiger partial charge in [0.05, 0.1) is 21.4 Å². The Morgan fingerprint density at radius 2 is 1.78 bits per heavy atom. The van der Waals surface area contributed by atoms with Gasteiger partial charge in [0.1, 0.15) is 5.69 Å². The molecule has 2 aromatic rings. The molecule has 4 amide bonds. The maximum absolute atomic E-state index is 13.6. The number of hydrogen-bond acceptors (Lipinski definition) is 4. The van der Waals surface area contributed by atoms with Gasteiger partial charge in [0.25, 0.3) is 5.91 Å². The number of aromatic nitrogens is 1. The quantitative estimate of drug-likeness (QED) is 0.505. The normalized spacial score (nSPS) is 14.7. The molecule has 0 saturated carbocycles. The van der Waals surface area contributed by atoms with Crippen molar-refractivity contribution in [2.75, 3.05) is 57.5 Å². The SMILES string of the molecule is CN(C)CCN1CCN(C(=O)c2[nH]c(C(C)(C)C)cc2NC(=O)Nc2cccc(Cl)c2Cl)CCC1=O. The van der Waals surface area contributed by atoms with Gasteiger partial charge in [0, 0.05) is 50.3 Å². The molecule has 1 saturated heterocycles. The number of nitrogens with one attached hydrogen (secondary N) is 3. The predicted molar refractivity (Wildman–Crippen MR) is 144 cm³/mol. The number of carbonyl (C=O) groups excluding carboxylic acids is 3. The van der Waals surface area contributed by atoms with Gasteiger partial charge in [0.2, 0.25) is 5.91 Å². The molecule has 0 aliphatic carbocycles. The van der Waals surface area contributed by atoms with Crippen LogP contribution in [0.15, 0.2) is 24.3 Å². The fraction of sp³-hybridized carbons (Fsp3) is 0.480. The van der Waals surface area contributed by atoms with Gasteiger partial charge in [-0.25, -0.2) is 4.79 Å². The molecule has 0 atom stereocenters. The zero-order valence-corrected chi connectivity index (χ0v) is 22.9. The van der Waals surface area contributed by atoms with Crippen molar-refractivity contribution in [3.63, 3.8) is 0 Å². The van der Waals surface area contributed by atoms with Crippen LogP contribution < -0.4 is 10.6 Å². The van der Waals surface area contributed by atoms with Gasteiger partial charge >= 0.3 is 6.03 Å². The number of amides is 4. The highest BCUT2D eigenvalue weighted by atomic mass is 35.5. The third-order valence-electron chi connectivity index (χ3n) is 5.98. The molecule has 196 valence electrons. The molecule has 1 aromatic carbocycles. The number of H-pyrrole nitrogens is 1. The number of halogens is 2. The van der Waals surface area contributed by atoms with Crippen molar-refractivity contribution in [2.45, 2.75) is 32.6 Å². The second-order valence-corrected chi connectivity index (χ2v) is 10.9. The Bertz CT molecular complexity index is 1130. The van der Waals surface area contributed by atoms with Crippen LogP contribution in [0.5, 0.6) is 0 Å². The Kier molecular flexibility index (Phi) is 8.92. The van der Waals surface area contributed by atoms with E-state index < -0.39 is 6.03 Å². The summed E-state index contributed by atoms with van der Waals surface area (Å²) in [6, 6.07) is 6.13. The third kappa shape index (κ3) is 6.93. The molecule has 2 heterocycles. The smallest absolute Gasteiger partial charge is 0.323 e. The predicted octanol–water partition coefficient (Wildman–Crippen LogP) is 4.50. The molecule has 1 aliphatic heterocycles. The van der Waals surface area contributed by atoms with Crippen LogP contribution in [0.4, 0.5) is 16.2 Å². The van der Waals surface area contributed by atoms with E-state index in [-0.39, 0.29) is 34.4 Å². The van der Waals surface area contributed by atoms with Crippen LogP contribution in [0.2, 0.25) is 10.0 Å². The number of nitrogens with zero attached hydrogens (tertiary/aromatic N) is 3. The highest BCUT2D eigenvalue weighted by Crippen LogP contribution is 2.31. The molecule has 9 nitrogen and oxygen atoms in total. The number of benzene rings is 1. The van der Waals surface area contributed by atoms with E-state index in [1.807, 2.05) is 39.8 Å². The van der Waals surface area contributed by atoms with E-state index in [0.29, 0.717) is 42.6 Å². The van der Waals surface area contributed by atoms with Crippen LogP contribution in [-0.2, 0) is 10.2 Å². The summed E-state index contributed by atoms with van der Waals surface area (Å²) in [7, 11) is 3.92. The van der Waals surface area contributed by atoms with Crippen molar-refractivity contribution in [2.24, 2.45) is 0 Å². The maximum atomic E-state index is 13.6. The van der Waals surface area contributed by atoms with Crippen LogP contribution in [0.25, 0.3) is 0 Å². The van der Waals surface area contributed by atoms with Crippen LogP contribution in [0.1, 0.15) is 43.4 Å². The van der Waals surface area contributed by atoms with Crippen molar-refractivity contribution < 1.29 is 14.4 Å². The number of carbonyl (C=O) groups is 3. The number of aromatic amines is 1. The minimum absolute atomic E-state index is 0.0325. The Morgan fingerprint density at radius 1 is 1.08 bits per heavy atom. The molecule has 0 spiro atoms. The molecular weight excluding hydrogens is 503 g/mol. The molecule has 3 N–H and O–H groups in total. The number of hydrogen-bond donors (Lipinski definition) is 3. The molecule has 1 aliphatic rings. The fourth-order valence-electron chi connectivity index (χ4n) is 3.79. The zero-order chi connectivity index (χ0) is 26.6. The lowest BCUT2D eigenvalue weighted by molar-refractivity contribution is -0.130. The summed E-state index contributed by atoms with van der Waals surface area (Å²) in [6.45, 7) is 8.58. The first-order valence-corrected chi connectivity index (χ1v) is 12.6. The van der Waals surface area contributed by atoms with Gasteiger partial charge in [-0.2, -0.15) is 0 Å². The average Bonchev–Trinajstić information content (AvgIpc) is 3.12. The number of anilines is 2. The van der Waals surface area contributed by atoms with Crippen molar-refractivity contribution in [1.82, 2.24) is 19.7 Å². The molecule has 1 aromatic heterocycles. The van der Waals surface area contributed by atoms with Gasteiger partial charge in [-0.3, -0.25) is 9.59 Å². The van der Waals surface area contributed by atoms with E-state index in [0.717, 1.165) is 12.2 Å². The summed E-state index contributed by atoms with van der Waals surface area (Å²) in [4.78, 5) is 47.6. The summed E-state index contributed by atoms with van der Waals surface area (Å²) in [5.41, 5.74) is 1.46. The monoisotopic (exact) mass is 536 g/mol. The Labute approximate surface area is 222 Å². The van der Waals surface area contributed by atoms with Crippen molar-refractivity contribution in [3.8, 4) is 0 Å². The van der Waals surface area contributed by atoms with Gasteiger partial charge < -0.3 is 30.3 Å². The average molecular weight is 537 g/mol. The third-order valence-corrected chi connectivity index (χ3v) is 6.80. The molecule has 3 rings (SSSR count). The number of rotatable bonds is 6. The fourth-order valence-corrected chi connectivity index (χ4v) is 4.13. The standard InChI is InChI=1S/C25H34Cl2N6O3/c1-25(2,3)19-15-18(29-24(36)28-17-8-6-7-16(26)21(17)27)22(30-19)23(35)33-10-9-20(34)32(13-14-33)12-11-31(4)5/h6-8,15,30H,9-14H2,1-5H3,(H2,28,29,36). The number of likely N-dealkylation sites (N-methyl/N-ethyl adjacent to an activating group) is 1. The van der Waals surface area contributed by atoms with Crippen LogP contribution in [0, 0.1) is 0 Å². The summed E-state index contributed by atoms with van der Waals surface area (Å²) in [5, 5.41) is 5.99. The van der Waals surface area contributed by atoms with E-state index in [2.05, 4.69) is 15.6 Å². The van der Waals surface area contributed by atoms with Crippen molar-refractivity contribution in [3.05, 3.63) is 45.7 Å². The van der Waals surface area contributed by atoms with E-state index in [1.165, 1.54) is 0 Å². The Balaban J connectivity index is 1.80. The van der Waals surface area contributed by atoms with E-state index in [1.54, 1.807) is 34.1 Å². The minimum Gasteiger partial charge on any atom is -0.352 e. The molecule has 0 unspecified atom stereocenters. The lowest BCUT2D eigenvalue weighted by Crippen LogP contribution is -2.39. The van der Waals surface area contributed by atoms with Crippen LogP contribution in [0.3, 0.4) is 0 Å². The molecule has 0 bridgehead atoms. The van der Waals surface area contributed by atoms with Crippen LogP contribution in [-0.4, -0.2) is 84.3 Å². The highest BCUT2D eigenvalue weighted by Gasteiger charge is 2.29. The summed E-state index contributed by atoms with van der Waals surface area (Å²) >= 11 is 12.2. The second-order valence-electron chi connectivity index (χ2n) is 10.1. The summed E-state index contributed by atoms with van der Waals surface area (Å²) in [5.74, 6) is -0.242. The second kappa shape index (κ2) is 11.5. The number of urea groups is 1. The lowest BCUT2D eigenvalue weighted by Gasteiger charge is -2.23. The molecular formula is C25H34Cl2N6O3. The first kappa shape index (κ1) is 27.8. The van der Waals surface area contributed by atoms with Gasteiger partial charge in [0.15, 0.2) is 0 Å². The van der Waals surface area contributed by atoms with E-state index in [9.17, 15) is 14.4 Å². The summed E-state index contributed by atoms with van der Waals surface area (Å²) < 4.78 is 0. The minimum atomic E-state index is -0.561. The first-order valence-electron chi connectivity index (χ1n) is 11.8.